The molecule has 1 rings (SSSR count). The van der Waals surface area contributed by atoms with Crippen LogP contribution in [-0.4, -0.2) is 27.2 Å². The largest absolute Gasteiger partial charge is 0.389 e. The van der Waals surface area contributed by atoms with Crippen LogP contribution >= 0.6 is 11.8 Å². The highest BCUT2D eigenvalue weighted by molar-refractivity contribution is 8.13. The van der Waals surface area contributed by atoms with Gasteiger partial charge in [0.05, 0.1) is 6.10 Å². The average molecular weight is 262 g/mol. The number of carbonyl (C=O) groups excluding carboxylic acids is 1. The van der Waals surface area contributed by atoms with Crippen LogP contribution in [0.3, 0.4) is 0 Å². The van der Waals surface area contributed by atoms with E-state index < -0.39 is 23.8 Å². The van der Waals surface area contributed by atoms with Gasteiger partial charge >= 0.3 is 0 Å². The van der Waals surface area contributed by atoms with Crippen LogP contribution in [0, 0.1) is 11.6 Å². The number of hydrogen-bond donors (Lipinski definition) is 2. The monoisotopic (exact) mass is 262 g/mol. The van der Waals surface area contributed by atoms with Crippen molar-refractivity contribution in [2.75, 3.05) is 5.75 Å². The number of thioether (sulfide) groups is 1. The van der Waals surface area contributed by atoms with Gasteiger partial charge in [0.1, 0.15) is 6.10 Å². The summed E-state index contributed by atoms with van der Waals surface area (Å²) in [6.45, 7) is 1.33. The molecule has 0 spiro atoms. The molecule has 0 radical (unpaired) electrons. The summed E-state index contributed by atoms with van der Waals surface area (Å²) in [5.74, 6) is -2.11. The second-order valence-electron chi connectivity index (χ2n) is 3.49. The van der Waals surface area contributed by atoms with Crippen LogP contribution in [-0.2, 0) is 4.79 Å². The maximum Gasteiger partial charge on any atom is 0.185 e. The van der Waals surface area contributed by atoms with Gasteiger partial charge in [-0.2, -0.15) is 0 Å². The van der Waals surface area contributed by atoms with Gasteiger partial charge in [0.2, 0.25) is 0 Å². The normalized spacial score (nSPS) is 14.4. The molecule has 1 aromatic rings. The SMILES string of the molecule is CC(=O)SCC(O)C(O)c1ccc(F)c(F)c1. The summed E-state index contributed by atoms with van der Waals surface area (Å²) < 4.78 is 25.5. The topological polar surface area (TPSA) is 57.5 Å². The molecule has 0 aliphatic carbocycles. The zero-order chi connectivity index (χ0) is 13.0. The van der Waals surface area contributed by atoms with Gasteiger partial charge in [0.25, 0.3) is 0 Å². The van der Waals surface area contributed by atoms with Gasteiger partial charge in [-0.1, -0.05) is 17.8 Å². The summed E-state index contributed by atoms with van der Waals surface area (Å²) in [6, 6.07) is 2.88. The van der Waals surface area contributed by atoms with Crippen molar-refractivity contribution >= 4 is 16.9 Å². The van der Waals surface area contributed by atoms with E-state index in [-0.39, 0.29) is 16.4 Å². The summed E-state index contributed by atoms with van der Waals surface area (Å²) in [7, 11) is 0. The Balaban J connectivity index is 2.70. The molecule has 0 saturated heterocycles. The first kappa shape index (κ1) is 14.1. The van der Waals surface area contributed by atoms with Crippen LogP contribution in [0.5, 0.6) is 0 Å². The predicted octanol–water partition coefficient (Wildman–Crippen LogP) is 1.64. The minimum absolute atomic E-state index is 0.00447. The van der Waals surface area contributed by atoms with Crippen molar-refractivity contribution in [1.29, 1.82) is 0 Å². The van der Waals surface area contributed by atoms with E-state index in [9.17, 15) is 23.8 Å². The molecule has 1 aromatic carbocycles. The molecule has 0 bridgehead atoms. The predicted molar refractivity (Wildman–Crippen MR) is 60.5 cm³/mol. The minimum atomic E-state index is -1.35. The van der Waals surface area contributed by atoms with E-state index in [1.165, 1.54) is 13.0 Å². The van der Waals surface area contributed by atoms with Gasteiger partial charge in [-0.3, -0.25) is 4.79 Å². The van der Waals surface area contributed by atoms with Crippen LogP contribution in [0.1, 0.15) is 18.6 Å². The molecule has 17 heavy (non-hydrogen) atoms. The number of hydrogen-bond acceptors (Lipinski definition) is 4. The van der Waals surface area contributed by atoms with E-state index in [0.717, 1.165) is 23.9 Å². The van der Waals surface area contributed by atoms with Gasteiger partial charge in [-0.15, -0.1) is 0 Å². The van der Waals surface area contributed by atoms with Crippen LogP contribution in [0.25, 0.3) is 0 Å². The third kappa shape index (κ3) is 4.07. The van der Waals surface area contributed by atoms with E-state index in [2.05, 4.69) is 0 Å². The first-order valence-corrected chi connectivity index (χ1v) is 5.85. The highest BCUT2D eigenvalue weighted by Gasteiger charge is 2.20. The number of halogens is 2. The van der Waals surface area contributed by atoms with Crippen LogP contribution in [0.4, 0.5) is 8.78 Å². The molecule has 2 unspecified atom stereocenters. The average Bonchev–Trinajstić information content (AvgIpc) is 2.28. The third-order valence-electron chi connectivity index (χ3n) is 2.11. The molecule has 0 amide bonds. The molecule has 0 aliphatic rings. The zero-order valence-corrected chi connectivity index (χ0v) is 9.88. The lowest BCUT2D eigenvalue weighted by atomic mass is 10.1. The van der Waals surface area contributed by atoms with E-state index in [0.29, 0.717) is 0 Å². The van der Waals surface area contributed by atoms with Gasteiger partial charge in [0, 0.05) is 12.7 Å². The highest BCUT2D eigenvalue weighted by Crippen LogP contribution is 2.21. The standard InChI is InChI=1S/C11H12F2O3S/c1-6(14)17-5-10(15)11(16)7-2-3-8(12)9(13)4-7/h2-4,10-11,15-16H,5H2,1H3. The fourth-order valence-corrected chi connectivity index (χ4v) is 1.80. The Morgan fingerprint density at radius 1 is 1.35 bits per heavy atom. The Bertz CT molecular complexity index is 412. The summed E-state index contributed by atoms with van der Waals surface area (Å²) in [6.07, 6.45) is -2.56. The Hall–Kier alpha value is -0.980. The first-order chi connectivity index (χ1) is 7.91. The molecule has 3 nitrogen and oxygen atoms in total. The fourth-order valence-electron chi connectivity index (χ4n) is 1.21. The summed E-state index contributed by atoms with van der Waals surface area (Å²) in [5.41, 5.74) is 0.0700. The van der Waals surface area contributed by atoms with Gasteiger partial charge < -0.3 is 10.2 Å². The highest BCUT2D eigenvalue weighted by atomic mass is 32.2. The van der Waals surface area contributed by atoms with Crippen molar-refractivity contribution in [1.82, 2.24) is 0 Å². The Morgan fingerprint density at radius 2 is 2.00 bits per heavy atom. The molecular weight excluding hydrogens is 250 g/mol. The molecule has 0 aliphatic heterocycles. The first-order valence-electron chi connectivity index (χ1n) is 4.86. The second kappa shape index (κ2) is 6.09. The smallest absolute Gasteiger partial charge is 0.185 e. The molecule has 2 atom stereocenters. The number of aliphatic hydroxyl groups is 2. The maximum atomic E-state index is 12.9. The van der Waals surface area contributed by atoms with Crippen molar-refractivity contribution in [2.24, 2.45) is 0 Å². The molecule has 94 valence electrons. The van der Waals surface area contributed by atoms with Crippen molar-refractivity contribution in [3.63, 3.8) is 0 Å². The van der Waals surface area contributed by atoms with Crippen molar-refractivity contribution in [3.8, 4) is 0 Å². The van der Waals surface area contributed by atoms with Gasteiger partial charge in [-0.05, 0) is 17.7 Å². The van der Waals surface area contributed by atoms with E-state index in [1.807, 2.05) is 0 Å². The zero-order valence-electron chi connectivity index (χ0n) is 9.06. The Kier molecular flexibility index (Phi) is 5.04. The molecule has 0 saturated carbocycles. The van der Waals surface area contributed by atoms with Gasteiger partial charge in [-0.25, -0.2) is 8.78 Å². The number of benzene rings is 1. The molecule has 6 heteroatoms. The van der Waals surface area contributed by atoms with Crippen molar-refractivity contribution in [2.45, 2.75) is 19.1 Å². The number of aliphatic hydroxyl groups excluding tert-OH is 2. The molecule has 2 N–H and O–H groups in total. The number of rotatable bonds is 4. The molecular formula is C11H12F2O3S. The van der Waals surface area contributed by atoms with Crippen molar-refractivity contribution in [3.05, 3.63) is 35.4 Å². The fraction of sp³-hybridized carbons (Fsp3) is 0.364. The van der Waals surface area contributed by atoms with Crippen molar-refractivity contribution < 1.29 is 23.8 Å². The number of carbonyl (C=O) groups is 1. The van der Waals surface area contributed by atoms with Crippen LogP contribution in [0.2, 0.25) is 0 Å². The minimum Gasteiger partial charge on any atom is -0.389 e. The van der Waals surface area contributed by atoms with Crippen LogP contribution < -0.4 is 0 Å². The Morgan fingerprint density at radius 3 is 2.53 bits per heavy atom. The summed E-state index contributed by atoms with van der Waals surface area (Å²) in [5, 5.41) is 19.0. The van der Waals surface area contributed by atoms with E-state index >= 15 is 0 Å². The maximum absolute atomic E-state index is 12.9. The lowest BCUT2D eigenvalue weighted by Crippen LogP contribution is -2.21. The van der Waals surface area contributed by atoms with Gasteiger partial charge in [0.15, 0.2) is 16.7 Å². The molecule has 0 fully saturated rings. The molecule has 0 aromatic heterocycles. The third-order valence-corrected chi connectivity index (χ3v) is 3.02. The Labute approximate surface area is 101 Å². The van der Waals surface area contributed by atoms with E-state index in [1.54, 1.807) is 0 Å². The molecule has 0 heterocycles. The summed E-state index contributed by atoms with van der Waals surface area (Å²) in [4.78, 5) is 10.7. The lowest BCUT2D eigenvalue weighted by Gasteiger charge is -2.17. The van der Waals surface area contributed by atoms with E-state index in [4.69, 9.17) is 0 Å². The second-order valence-corrected chi connectivity index (χ2v) is 4.69. The van der Waals surface area contributed by atoms with Crippen LogP contribution in [0.15, 0.2) is 18.2 Å². The quantitative estimate of drug-likeness (QED) is 0.866. The summed E-state index contributed by atoms with van der Waals surface area (Å²) >= 11 is 0.853. The lowest BCUT2D eigenvalue weighted by molar-refractivity contribution is -0.109.